The lowest BCUT2D eigenvalue weighted by Crippen LogP contribution is -2.44. The summed E-state index contributed by atoms with van der Waals surface area (Å²) < 4.78 is 29.2. The van der Waals surface area contributed by atoms with Crippen molar-refractivity contribution in [2.24, 2.45) is 0 Å². The Morgan fingerprint density at radius 2 is 1.84 bits per heavy atom. The van der Waals surface area contributed by atoms with Crippen LogP contribution in [0.25, 0.3) is 0 Å². The summed E-state index contributed by atoms with van der Waals surface area (Å²) in [5.74, 6) is -0.763. The van der Waals surface area contributed by atoms with Crippen molar-refractivity contribution in [2.75, 3.05) is 54.1 Å². The lowest BCUT2D eigenvalue weighted by Gasteiger charge is -2.34. The summed E-state index contributed by atoms with van der Waals surface area (Å²) in [5.41, 5.74) is 2.02. The van der Waals surface area contributed by atoms with E-state index in [0.717, 1.165) is 45.4 Å². The zero-order chi connectivity index (χ0) is 25.9. The quantitative estimate of drug-likeness (QED) is 0.425. The first-order chi connectivity index (χ1) is 17.9. The highest BCUT2D eigenvalue weighted by atomic mass is 19.1. The second kappa shape index (κ2) is 10.7. The van der Waals surface area contributed by atoms with Crippen LogP contribution in [0.3, 0.4) is 0 Å². The Hall–Kier alpha value is -3.79. The molecule has 37 heavy (non-hydrogen) atoms. The van der Waals surface area contributed by atoms with Crippen molar-refractivity contribution >= 4 is 34.7 Å². The molecule has 0 radical (unpaired) electrons. The zero-order valence-corrected chi connectivity index (χ0v) is 21.0. The Bertz CT molecular complexity index is 1270. The van der Waals surface area contributed by atoms with Gasteiger partial charge in [-0.05, 0) is 63.1 Å². The van der Waals surface area contributed by atoms with E-state index in [1.165, 1.54) is 18.3 Å². The number of aryl methyl sites for hydroxylation is 1. The summed E-state index contributed by atoms with van der Waals surface area (Å²) in [6.07, 6.45) is 4.44. The number of halogens is 2. The van der Waals surface area contributed by atoms with Crippen LogP contribution in [0.1, 0.15) is 35.2 Å². The lowest BCUT2D eigenvalue weighted by atomic mass is 9.93. The minimum Gasteiger partial charge on any atom is -0.367 e. The van der Waals surface area contributed by atoms with Crippen LogP contribution in [-0.4, -0.2) is 60.0 Å². The average molecular weight is 508 g/mol. The van der Waals surface area contributed by atoms with E-state index < -0.39 is 11.7 Å². The number of carbonyl (C=O) groups is 1. The van der Waals surface area contributed by atoms with E-state index in [9.17, 15) is 13.6 Å². The molecule has 5 rings (SSSR count). The number of nitrogens with one attached hydrogen (secondary N) is 3. The summed E-state index contributed by atoms with van der Waals surface area (Å²) in [6, 6.07) is 9.80. The summed E-state index contributed by atoms with van der Waals surface area (Å²) in [4.78, 5) is 26.1. The van der Waals surface area contributed by atoms with Gasteiger partial charge in [0, 0.05) is 44.1 Å². The molecule has 10 heteroatoms. The molecule has 2 heterocycles. The number of nitrogens with zero attached hydrogens (tertiary/aromatic N) is 4. The number of piperazine rings is 1. The van der Waals surface area contributed by atoms with Gasteiger partial charge in [0.1, 0.15) is 23.0 Å². The second-order valence-corrected chi connectivity index (χ2v) is 9.70. The molecule has 0 atom stereocenters. The molecule has 1 saturated heterocycles. The molecule has 0 bridgehead atoms. The number of benzene rings is 2. The van der Waals surface area contributed by atoms with Crippen LogP contribution in [0.2, 0.25) is 0 Å². The minimum absolute atomic E-state index is 0.125. The highest BCUT2D eigenvalue weighted by Crippen LogP contribution is 2.28. The standard InChI is InChI=1S/C27H31F2N7O/c1-17-5-3-8-21(28)24(17)33-26(37)20-16-30-27(34-25(20)31-18-6-4-7-18)32-19-9-10-23(22(29)15-19)36-13-11-35(2)12-14-36/h3,5,8-10,15-16,18H,4,6-7,11-14H2,1-2H3,(H,33,37)(H2,30,31,32,34). The number of rotatable bonds is 7. The van der Waals surface area contributed by atoms with Crippen molar-refractivity contribution < 1.29 is 13.6 Å². The number of hydrogen-bond acceptors (Lipinski definition) is 7. The molecule has 1 aromatic heterocycles. The first kappa shape index (κ1) is 24.9. The molecule has 1 aliphatic carbocycles. The van der Waals surface area contributed by atoms with Gasteiger partial charge in [-0.3, -0.25) is 4.79 Å². The highest BCUT2D eigenvalue weighted by Gasteiger charge is 2.23. The van der Waals surface area contributed by atoms with E-state index in [1.54, 1.807) is 31.2 Å². The third kappa shape index (κ3) is 5.64. The smallest absolute Gasteiger partial charge is 0.261 e. The van der Waals surface area contributed by atoms with Gasteiger partial charge >= 0.3 is 0 Å². The predicted molar refractivity (Wildman–Crippen MR) is 142 cm³/mol. The van der Waals surface area contributed by atoms with E-state index >= 15 is 0 Å². The van der Waals surface area contributed by atoms with E-state index in [2.05, 4.69) is 37.9 Å². The molecular weight excluding hydrogens is 476 g/mol. The molecule has 194 valence electrons. The molecule has 0 unspecified atom stereocenters. The molecule has 1 amide bonds. The van der Waals surface area contributed by atoms with Crippen molar-refractivity contribution in [3.05, 3.63) is 65.4 Å². The Morgan fingerprint density at radius 3 is 2.51 bits per heavy atom. The first-order valence-corrected chi connectivity index (χ1v) is 12.6. The molecule has 2 fully saturated rings. The number of hydrogen-bond donors (Lipinski definition) is 3. The van der Waals surface area contributed by atoms with Gasteiger partial charge in [-0.2, -0.15) is 4.98 Å². The molecule has 1 saturated carbocycles. The predicted octanol–water partition coefficient (Wildman–Crippen LogP) is 4.78. The summed E-state index contributed by atoms with van der Waals surface area (Å²) in [5, 5.41) is 9.00. The summed E-state index contributed by atoms with van der Waals surface area (Å²) >= 11 is 0. The molecular formula is C27H31F2N7O. The van der Waals surface area contributed by atoms with Crippen molar-refractivity contribution in [1.82, 2.24) is 14.9 Å². The Labute approximate surface area is 215 Å². The van der Waals surface area contributed by atoms with Gasteiger partial charge in [0.25, 0.3) is 5.91 Å². The Kier molecular flexibility index (Phi) is 7.18. The SMILES string of the molecule is Cc1cccc(F)c1NC(=O)c1cnc(Nc2ccc(N3CCN(C)CC3)c(F)c2)nc1NC1CCC1. The molecule has 1 aliphatic heterocycles. The number of amides is 1. The van der Waals surface area contributed by atoms with E-state index in [-0.39, 0.29) is 29.1 Å². The van der Waals surface area contributed by atoms with E-state index in [4.69, 9.17) is 0 Å². The fraction of sp³-hybridized carbons (Fsp3) is 0.370. The zero-order valence-electron chi connectivity index (χ0n) is 21.0. The van der Waals surface area contributed by atoms with Crippen LogP contribution >= 0.6 is 0 Å². The van der Waals surface area contributed by atoms with E-state index in [0.29, 0.717) is 22.8 Å². The molecule has 8 nitrogen and oxygen atoms in total. The van der Waals surface area contributed by atoms with Crippen LogP contribution in [0.4, 0.5) is 37.6 Å². The van der Waals surface area contributed by atoms with Crippen molar-refractivity contribution in [2.45, 2.75) is 32.2 Å². The van der Waals surface area contributed by atoms with Crippen LogP contribution in [-0.2, 0) is 0 Å². The van der Waals surface area contributed by atoms with Gasteiger partial charge in [-0.25, -0.2) is 13.8 Å². The van der Waals surface area contributed by atoms with Gasteiger partial charge in [-0.15, -0.1) is 0 Å². The molecule has 0 spiro atoms. The van der Waals surface area contributed by atoms with Crippen molar-refractivity contribution in [1.29, 1.82) is 0 Å². The van der Waals surface area contributed by atoms with Crippen LogP contribution in [0.5, 0.6) is 0 Å². The first-order valence-electron chi connectivity index (χ1n) is 12.6. The van der Waals surface area contributed by atoms with Crippen LogP contribution in [0.15, 0.2) is 42.6 Å². The number of aromatic nitrogens is 2. The Balaban J connectivity index is 1.35. The highest BCUT2D eigenvalue weighted by molar-refractivity contribution is 6.07. The Morgan fingerprint density at radius 1 is 1.05 bits per heavy atom. The van der Waals surface area contributed by atoms with Crippen molar-refractivity contribution in [3.8, 4) is 0 Å². The monoisotopic (exact) mass is 507 g/mol. The average Bonchev–Trinajstić information content (AvgIpc) is 2.85. The number of carbonyl (C=O) groups excluding carboxylic acids is 1. The lowest BCUT2D eigenvalue weighted by molar-refractivity contribution is 0.102. The van der Waals surface area contributed by atoms with Gasteiger partial charge in [0.05, 0.1) is 11.4 Å². The van der Waals surface area contributed by atoms with Gasteiger partial charge in [0.2, 0.25) is 5.95 Å². The topological polar surface area (TPSA) is 85.4 Å². The molecule has 2 aliphatic rings. The fourth-order valence-electron chi connectivity index (χ4n) is 4.45. The van der Waals surface area contributed by atoms with E-state index in [1.807, 2.05) is 4.90 Å². The number of anilines is 5. The van der Waals surface area contributed by atoms with Gasteiger partial charge < -0.3 is 25.8 Å². The second-order valence-electron chi connectivity index (χ2n) is 9.70. The maximum atomic E-state index is 14.9. The number of para-hydroxylation sites is 1. The fourth-order valence-corrected chi connectivity index (χ4v) is 4.45. The number of likely N-dealkylation sites (N-methyl/N-ethyl adjacent to an activating group) is 1. The maximum Gasteiger partial charge on any atom is 0.261 e. The van der Waals surface area contributed by atoms with Gasteiger partial charge in [0.15, 0.2) is 0 Å². The summed E-state index contributed by atoms with van der Waals surface area (Å²) in [6.45, 7) is 5.05. The van der Waals surface area contributed by atoms with Crippen molar-refractivity contribution in [3.63, 3.8) is 0 Å². The van der Waals surface area contributed by atoms with Crippen LogP contribution < -0.4 is 20.9 Å². The normalized spacial score (nSPS) is 16.3. The molecule has 3 aromatic rings. The third-order valence-electron chi connectivity index (χ3n) is 6.99. The minimum atomic E-state index is -0.511. The van der Waals surface area contributed by atoms with Gasteiger partial charge in [-0.1, -0.05) is 12.1 Å². The third-order valence-corrected chi connectivity index (χ3v) is 6.99. The largest absolute Gasteiger partial charge is 0.367 e. The molecule has 2 aromatic carbocycles. The van der Waals surface area contributed by atoms with Crippen LogP contribution in [0, 0.1) is 18.6 Å². The summed E-state index contributed by atoms with van der Waals surface area (Å²) in [7, 11) is 2.06. The maximum absolute atomic E-state index is 14.9. The molecule has 3 N–H and O–H groups in total.